The van der Waals surface area contributed by atoms with Crippen molar-refractivity contribution in [1.29, 1.82) is 0 Å². The Balaban J connectivity index is 1.75. The molecule has 0 radical (unpaired) electrons. The van der Waals surface area contributed by atoms with Crippen LogP contribution in [-0.2, 0) is 23.1 Å². The van der Waals surface area contributed by atoms with Crippen LogP contribution in [0.2, 0.25) is 25.7 Å². The summed E-state index contributed by atoms with van der Waals surface area (Å²) in [5, 5.41) is 6.34. The Morgan fingerprint density at radius 3 is 2.76 bits per heavy atom. The Morgan fingerprint density at radius 2 is 2.07 bits per heavy atom. The standard InChI is InChI=1S/C22H29N3O3Si/c1-7-17-20-21-19-15(10-14(2)11-16(19)22(26)24(20)3)18(12-25(21)23-17)28-13-27-8-9-29(4,5)6/h7,10-11,18H,1,8-9,12-13H2,2-6H3. The van der Waals surface area contributed by atoms with Gasteiger partial charge in [0.05, 0.1) is 17.6 Å². The molecule has 1 atom stereocenters. The van der Waals surface area contributed by atoms with E-state index in [9.17, 15) is 4.79 Å². The molecule has 2 aromatic heterocycles. The summed E-state index contributed by atoms with van der Waals surface area (Å²) in [6.07, 6.45) is 1.50. The number of ether oxygens (including phenoxy) is 2. The van der Waals surface area contributed by atoms with Crippen molar-refractivity contribution in [3.63, 3.8) is 0 Å². The van der Waals surface area contributed by atoms with Gasteiger partial charge in [-0.1, -0.05) is 32.3 Å². The topological polar surface area (TPSA) is 58.3 Å². The molecule has 3 heterocycles. The first-order chi connectivity index (χ1) is 13.7. The molecule has 0 saturated heterocycles. The molecule has 1 aliphatic heterocycles. The monoisotopic (exact) mass is 411 g/mol. The van der Waals surface area contributed by atoms with Crippen LogP contribution in [-0.4, -0.2) is 35.8 Å². The van der Waals surface area contributed by atoms with Crippen molar-refractivity contribution in [2.24, 2.45) is 7.05 Å². The van der Waals surface area contributed by atoms with E-state index in [2.05, 4.69) is 32.3 Å². The van der Waals surface area contributed by atoms with E-state index < -0.39 is 8.07 Å². The number of aryl methyl sites for hydroxylation is 2. The fourth-order valence-electron chi connectivity index (χ4n) is 4.07. The number of rotatable bonds is 7. The molecule has 1 aromatic carbocycles. The predicted octanol–water partition coefficient (Wildman–Crippen LogP) is 4.22. The summed E-state index contributed by atoms with van der Waals surface area (Å²) in [6, 6.07) is 5.19. The number of hydrogen-bond acceptors (Lipinski definition) is 4. The number of pyridine rings is 1. The number of benzene rings is 1. The number of aromatic nitrogens is 3. The van der Waals surface area contributed by atoms with Crippen LogP contribution in [0, 0.1) is 6.92 Å². The van der Waals surface area contributed by atoms with Crippen LogP contribution in [0.3, 0.4) is 0 Å². The highest BCUT2D eigenvalue weighted by Crippen LogP contribution is 2.38. The molecule has 0 fully saturated rings. The largest absolute Gasteiger partial charge is 0.356 e. The Hall–Kier alpha value is -2.22. The van der Waals surface area contributed by atoms with Crippen LogP contribution in [0.1, 0.15) is 22.9 Å². The quantitative estimate of drug-likeness (QED) is 0.332. The van der Waals surface area contributed by atoms with Gasteiger partial charge in [-0.15, -0.1) is 0 Å². The van der Waals surface area contributed by atoms with Crippen molar-refractivity contribution in [2.45, 2.75) is 45.3 Å². The summed E-state index contributed by atoms with van der Waals surface area (Å²) in [5.41, 5.74) is 4.60. The summed E-state index contributed by atoms with van der Waals surface area (Å²) in [5.74, 6) is 0. The average molecular weight is 412 g/mol. The van der Waals surface area contributed by atoms with Crippen molar-refractivity contribution in [1.82, 2.24) is 14.3 Å². The molecule has 29 heavy (non-hydrogen) atoms. The lowest BCUT2D eigenvalue weighted by Crippen LogP contribution is -2.24. The van der Waals surface area contributed by atoms with Crippen molar-refractivity contribution < 1.29 is 9.47 Å². The highest BCUT2D eigenvalue weighted by Gasteiger charge is 2.29. The molecule has 0 N–H and O–H groups in total. The molecule has 0 saturated carbocycles. The van der Waals surface area contributed by atoms with E-state index in [0.29, 0.717) is 11.9 Å². The molecule has 1 unspecified atom stereocenters. The van der Waals surface area contributed by atoms with Crippen molar-refractivity contribution in [3.05, 3.63) is 45.9 Å². The van der Waals surface area contributed by atoms with E-state index in [1.54, 1.807) is 17.7 Å². The zero-order valence-electron chi connectivity index (χ0n) is 17.9. The molecule has 7 heteroatoms. The third-order valence-electron chi connectivity index (χ3n) is 5.60. The first kappa shape index (κ1) is 20.1. The van der Waals surface area contributed by atoms with Gasteiger partial charge in [0.15, 0.2) is 0 Å². The Kier molecular flexibility index (Phi) is 5.00. The van der Waals surface area contributed by atoms with Crippen LogP contribution in [0.5, 0.6) is 0 Å². The van der Waals surface area contributed by atoms with Gasteiger partial charge in [0.1, 0.15) is 18.6 Å². The van der Waals surface area contributed by atoms with Gasteiger partial charge in [0.25, 0.3) is 5.56 Å². The zero-order valence-corrected chi connectivity index (χ0v) is 18.9. The molecule has 0 bridgehead atoms. The van der Waals surface area contributed by atoms with Gasteiger partial charge in [-0.2, -0.15) is 5.10 Å². The minimum absolute atomic E-state index is 0.0212. The van der Waals surface area contributed by atoms with Crippen molar-refractivity contribution in [2.75, 3.05) is 13.4 Å². The van der Waals surface area contributed by atoms with Crippen molar-refractivity contribution in [3.8, 4) is 0 Å². The van der Waals surface area contributed by atoms with Crippen LogP contribution in [0.15, 0.2) is 23.5 Å². The SMILES string of the molecule is C=Cc1nn2c3c4c(cc(C)cc4c(=O)n(C)c13)C(OCOCC[Si](C)(C)C)C2. The minimum Gasteiger partial charge on any atom is -0.356 e. The smallest absolute Gasteiger partial charge is 0.258 e. The van der Waals surface area contributed by atoms with Gasteiger partial charge in [-0.05, 0) is 36.2 Å². The van der Waals surface area contributed by atoms with E-state index in [-0.39, 0.29) is 18.5 Å². The Morgan fingerprint density at radius 1 is 1.31 bits per heavy atom. The predicted molar refractivity (Wildman–Crippen MR) is 120 cm³/mol. The molecule has 154 valence electrons. The van der Waals surface area contributed by atoms with E-state index in [0.717, 1.165) is 45.9 Å². The number of hydrogen-bond donors (Lipinski definition) is 0. The fourth-order valence-corrected chi connectivity index (χ4v) is 4.82. The van der Waals surface area contributed by atoms with Crippen molar-refractivity contribution >= 4 is 36.0 Å². The summed E-state index contributed by atoms with van der Waals surface area (Å²) >= 11 is 0. The fraction of sp³-hybridized carbons (Fsp3) is 0.455. The lowest BCUT2D eigenvalue weighted by Gasteiger charge is -2.26. The van der Waals surface area contributed by atoms with Gasteiger partial charge in [0.2, 0.25) is 0 Å². The molecule has 4 rings (SSSR count). The molecule has 6 nitrogen and oxygen atoms in total. The van der Waals surface area contributed by atoms with Crippen LogP contribution in [0.4, 0.5) is 0 Å². The number of nitrogens with zero attached hydrogens (tertiary/aromatic N) is 3. The molecular formula is C22H29N3O3Si. The molecule has 0 amide bonds. The molecule has 0 aliphatic carbocycles. The molecular weight excluding hydrogens is 382 g/mol. The van der Waals surface area contributed by atoms with Gasteiger partial charge in [-0.3, -0.25) is 9.48 Å². The van der Waals surface area contributed by atoms with Gasteiger partial charge < -0.3 is 14.0 Å². The van der Waals surface area contributed by atoms with E-state index in [1.807, 2.05) is 17.7 Å². The van der Waals surface area contributed by atoms with Crippen LogP contribution in [0.25, 0.3) is 27.9 Å². The highest BCUT2D eigenvalue weighted by molar-refractivity contribution is 6.76. The normalized spacial score (nSPS) is 16.2. The summed E-state index contributed by atoms with van der Waals surface area (Å²) in [7, 11) is 0.671. The first-order valence-electron chi connectivity index (χ1n) is 10.1. The maximum Gasteiger partial charge on any atom is 0.258 e. The van der Waals surface area contributed by atoms with Gasteiger partial charge in [0, 0.05) is 32.5 Å². The summed E-state index contributed by atoms with van der Waals surface area (Å²) < 4.78 is 15.5. The Bertz CT molecular complexity index is 1170. The third kappa shape index (κ3) is 3.47. The Labute approximate surface area is 171 Å². The van der Waals surface area contributed by atoms with Gasteiger partial charge >= 0.3 is 0 Å². The second kappa shape index (κ2) is 7.23. The first-order valence-corrected chi connectivity index (χ1v) is 13.8. The van der Waals surface area contributed by atoms with E-state index >= 15 is 0 Å². The zero-order chi connectivity index (χ0) is 20.9. The average Bonchev–Trinajstić information content (AvgIpc) is 3.02. The lowest BCUT2D eigenvalue weighted by molar-refractivity contribution is -0.0931. The highest BCUT2D eigenvalue weighted by atomic mass is 28.3. The minimum atomic E-state index is -1.13. The van der Waals surface area contributed by atoms with Crippen LogP contribution < -0.4 is 5.56 Å². The van der Waals surface area contributed by atoms with Gasteiger partial charge in [-0.25, -0.2) is 0 Å². The summed E-state index contributed by atoms with van der Waals surface area (Å²) in [4.78, 5) is 13.1. The van der Waals surface area contributed by atoms with E-state index in [4.69, 9.17) is 14.6 Å². The maximum atomic E-state index is 13.1. The molecule has 0 spiro atoms. The molecule has 1 aliphatic rings. The molecule has 3 aromatic rings. The lowest BCUT2D eigenvalue weighted by atomic mass is 9.95. The van der Waals surface area contributed by atoms with Crippen LogP contribution >= 0.6 is 0 Å². The maximum absolute atomic E-state index is 13.1. The summed E-state index contributed by atoms with van der Waals surface area (Å²) in [6.45, 7) is 14.4. The third-order valence-corrected chi connectivity index (χ3v) is 7.31. The second-order valence-corrected chi connectivity index (χ2v) is 14.7. The van der Waals surface area contributed by atoms with E-state index in [1.165, 1.54) is 0 Å². The second-order valence-electron chi connectivity index (χ2n) is 9.10.